The van der Waals surface area contributed by atoms with Gasteiger partial charge in [-0.2, -0.15) is 0 Å². The lowest BCUT2D eigenvalue weighted by molar-refractivity contribution is -0.149. The molecule has 0 heterocycles. The van der Waals surface area contributed by atoms with E-state index in [4.69, 9.17) is 32.7 Å². The molecular weight excluding hydrogens is 360 g/mol. The van der Waals surface area contributed by atoms with Gasteiger partial charge in [-0.3, -0.25) is 4.79 Å². The topological polar surface area (TPSA) is 64.6 Å². The molecule has 0 unspecified atom stereocenters. The minimum absolute atomic E-state index is 0.124. The predicted octanol–water partition coefficient (Wildman–Crippen LogP) is 3.69. The maximum atomic E-state index is 13.0. The number of carbonyl (C=O) groups is 2. The fraction of sp³-hybridized carbons (Fsp3) is 0.125. The minimum Gasteiger partial charge on any atom is -0.482 e. The van der Waals surface area contributed by atoms with Crippen LogP contribution in [-0.2, 0) is 14.3 Å². The summed E-state index contributed by atoms with van der Waals surface area (Å²) in [6, 6.07) is 10.1. The maximum absolute atomic E-state index is 13.0. The third-order valence-corrected chi connectivity index (χ3v) is 3.28. The molecule has 1 amide bonds. The summed E-state index contributed by atoms with van der Waals surface area (Å²) >= 11 is 11.3. The minimum atomic E-state index is -0.711. The highest BCUT2D eigenvalue weighted by molar-refractivity contribution is 6.31. The van der Waals surface area contributed by atoms with Crippen LogP contribution in [0.4, 0.5) is 10.1 Å². The fourth-order valence-corrected chi connectivity index (χ4v) is 1.94. The van der Waals surface area contributed by atoms with Gasteiger partial charge in [0, 0.05) is 10.7 Å². The summed E-state index contributed by atoms with van der Waals surface area (Å²) in [7, 11) is 0. The van der Waals surface area contributed by atoms with Gasteiger partial charge in [0.2, 0.25) is 0 Å². The van der Waals surface area contributed by atoms with Crippen LogP contribution in [0.15, 0.2) is 42.5 Å². The number of carbonyl (C=O) groups excluding carboxylic acids is 2. The third-order valence-electron chi connectivity index (χ3n) is 2.74. The average Bonchev–Trinajstić information content (AvgIpc) is 2.56. The first-order valence-electron chi connectivity index (χ1n) is 6.73. The van der Waals surface area contributed by atoms with Crippen LogP contribution in [0.25, 0.3) is 0 Å². The smallest absolute Gasteiger partial charge is 0.344 e. The van der Waals surface area contributed by atoms with E-state index in [1.807, 2.05) is 0 Å². The van der Waals surface area contributed by atoms with Gasteiger partial charge in [0.05, 0.1) is 5.02 Å². The van der Waals surface area contributed by atoms with E-state index < -0.39 is 24.3 Å². The van der Waals surface area contributed by atoms with Crippen molar-refractivity contribution in [3.63, 3.8) is 0 Å². The molecule has 0 aliphatic heterocycles. The molecule has 0 bridgehead atoms. The monoisotopic (exact) mass is 371 g/mol. The Morgan fingerprint density at radius 1 is 1.04 bits per heavy atom. The van der Waals surface area contributed by atoms with Crippen molar-refractivity contribution in [1.29, 1.82) is 0 Å². The third kappa shape index (κ3) is 5.72. The van der Waals surface area contributed by atoms with Crippen LogP contribution in [-0.4, -0.2) is 25.1 Å². The Balaban J connectivity index is 1.73. The van der Waals surface area contributed by atoms with Gasteiger partial charge in [0.25, 0.3) is 5.91 Å². The Bertz CT molecular complexity index is 737. The number of hydrogen-bond acceptors (Lipinski definition) is 4. The number of ether oxygens (including phenoxy) is 2. The Morgan fingerprint density at radius 2 is 1.75 bits per heavy atom. The van der Waals surface area contributed by atoms with Gasteiger partial charge in [-0.15, -0.1) is 0 Å². The highest BCUT2D eigenvalue weighted by atomic mass is 35.5. The molecule has 1 N–H and O–H groups in total. The van der Waals surface area contributed by atoms with Gasteiger partial charge in [-0.25, -0.2) is 9.18 Å². The SMILES string of the molecule is O=C(COC(=O)COc1ccc(Cl)cc1)Nc1ccc(F)c(Cl)c1. The summed E-state index contributed by atoms with van der Waals surface area (Å²) in [6.45, 7) is -0.852. The van der Waals surface area contributed by atoms with Crippen molar-refractivity contribution in [1.82, 2.24) is 0 Å². The molecule has 2 rings (SSSR count). The zero-order chi connectivity index (χ0) is 17.5. The normalized spacial score (nSPS) is 10.1. The summed E-state index contributed by atoms with van der Waals surface area (Å²) in [4.78, 5) is 23.2. The molecule has 0 fully saturated rings. The van der Waals surface area contributed by atoms with Gasteiger partial charge < -0.3 is 14.8 Å². The molecule has 0 aliphatic carbocycles. The summed E-state index contributed by atoms with van der Waals surface area (Å²) in [5.41, 5.74) is 0.292. The number of anilines is 1. The average molecular weight is 372 g/mol. The Hall–Kier alpha value is -2.31. The van der Waals surface area contributed by atoms with E-state index in [0.717, 1.165) is 6.07 Å². The van der Waals surface area contributed by atoms with Gasteiger partial charge in [0.1, 0.15) is 11.6 Å². The molecule has 0 aliphatic rings. The van der Waals surface area contributed by atoms with E-state index >= 15 is 0 Å². The molecule has 2 aromatic carbocycles. The maximum Gasteiger partial charge on any atom is 0.344 e. The van der Waals surface area contributed by atoms with Gasteiger partial charge in [-0.1, -0.05) is 23.2 Å². The number of rotatable bonds is 6. The number of hydrogen-bond donors (Lipinski definition) is 1. The number of esters is 1. The first kappa shape index (κ1) is 18.0. The van der Waals surface area contributed by atoms with E-state index in [0.29, 0.717) is 16.5 Å². The summed E-state index contributed by atoms with van der Waals surface area (Å²) in [6.07, 6.45) is 0. The van der Waals surface area contributed by atoms with Crippen LogP contribution in [0.2, 0.25) is 10.0 Å². The van der Waals surface area contributed by atoms with E-state index in [1.54, 1.807) is 24.3 Å². The van der Waals surface area contributed by atoms with Crippen LogP contribution < -0.4 is 10.1 Å². The van der Waals surface area contributed by atoms with Crippen LogP contribution in [0.1, 0.15) is 0 Å². The van der Waals surface area contributed by atoms with Crippen molar-refractivity contribution in [3.05, 3.63) is 58.3 Å². The lowest BCUT2D eigenvalue weighted by atomic mass is 10.3. The molecule has 0 saturated carbocycles. The molecule has 126 valence electrons. The van der Waals surface area contributed by atoms with Crippen molar-refractivity contribution in [2.24, 2.45) is 0 Å². The molecule has 5 nitrogen and oxygen atoms in total. The first-order valence-corrected chi connectivity index (χ1v) is 7.48. The molecule has 8 heteroatoms. The second kappa shape index (κ2) is 8.52. The van der Waals surface area contributed by atoms with Crippen LogP contribution in [0, 0.1) is 5.82 Å². The van der Waals surface area contributed by atoms with E-state index in [1.165, 1.54) is 12.1 Å². The van der Waals surface area contributed by atoms with E-state index in [-0.39, 0.29) is 11.6 Å². The number of nitrogens with one attached hydrogen (secondary N) is 1. The van der Waals surface area contributed by atoms with Crippen LogP contribution in [0.3, 0.4) is 0 Å². The van der Waals surface area contributed by atoms with Crippen LogP contribution in [0.5, 0.6) is 5.75 Å². The van der Waals surface area contributed by atoms with Crippen molar-refractivity contribution in [2.45, 2.75) is 0 Å². The van der Waals surface area contributed by atoms with Crippen molar-refractivity contribution < 1.29 is 23.5 Å². The molecule has 0 spiro atoms. The molecule has 0 saturated heterocycles. The van der Waals surface area contributed by atoms with E-state index in [2.05, 4.69) is 5.32 Å². The molecular formula is C16H12Cl2FNO4. The second-order valence-electron chi connectivity index (χ2n) is 4.58. The molecule has 24 heavy (non-hydrogen) atoms. The van der Waals surface area contributed by atoms with Gasteiger partial charge >= 0.3 is 5.97 Å². The molecule has 2 aromatic rings. The standard InChI is InChI=1S/C16H12Cl2FNO4/c17-10-1-4-12(5-2-10)23-9-16(22)24-8-15(21)20-11-3-6-14(19)13(18)7-11/h1-7H,8-9H2,(H,20,21). The highest BCUT2D eigenvalue weighted by Crippen LogP contribution is 2.19. The second-order valence-corrected chi connectivity index (χ2v) is 5.42. The predicted molar refractivity (Wildman–Crippen MR) is 87.9 cm³/mol. The quantitative estimate of drug-likeness (QED) is 0.786. The Kier molecular flexibility index (Phi) is 6.40. The molecule has 0 radical (unpaired) electrons. The van der Waals surface area contributed by atoms with E-state index in [9.17, 15) is 14.0 Å². The number of halogens is 3. The highest BCUT2D eigenvalue weighted by Gasteiger charge is 2.10. The largest absolute Gasteiger partial charge is 0.482 e. The van der Waals surface area contributed by atoms with Gasteiger partial charge in [0.15, 0.2) is 13.2 Å². The number of amides is 1. The number of benzene rings is 2. The van der Waals surface area contributed by atoms with Crippen LogP contribution >= 0.6 is 23.2 Å². The Labute approximate surface area is 147 Å². The molecule has 0 atom stereocenters. The zero-order valence-corrected chi connectivity index (χ0v) is 13.7. The van der Waals surface area contributed by atoms with Gasteiger partial charge in [-0.05, 0) is 42.5 Å². The first-order chi connectivity index (χ1) is 11.4. The lowest BCUT2D eigenvalue weighted by Crippen LogP contribution is -2.23. The summed E-state index contributed by atoms with van der Waals surface area (Å²) < 4.78 is 22.9. The lowest BCUT2D eigenvalue weighted by Gasteiger charge is -2.08. The summed E-state index contributed by atoms with van der Waals surface area (Å²) in [5, 5.41) is 2.84. The Morgan fingerprint density at radius 3 is 2.42 bits per heavy atom. The van der Waals surface area contributed by atoms with Crippen molar-refractivity contribution in [3.8, 4) is 5.75 Å². The summed E-state index contributed by atoms with van der Waals surface area (Å²) in [5.74, 6) is -1.45. The van der Waals surface area contributed by atoms with Crippen molar-refractivity contribution in [2.75, 3.05) is 18.5 Å². The zero-order valence-electron chi connectivity index (χ0n) is 12.2. The fourth-order valence-electron chi connectivity index (χ4n) is 1.63. The molecule has 0 aromatic heterocycles. The van der Waals surface area contributed by atoms with Crippen molar-refractivity contribution >= 4 is 40.8 Å².